The van der Waals surface area contributed by atoms with Gasteiger partial charge >= 0.3 is 6.03 Å². The van der Waals surface area contributed by atoms with Crippen LogP contribution in [0, 0.1) is 6.92 Å². The Hall–Kier alpha value is -3.13. The molecule has 8 heteroatoms. The number of aryl methyl sites for hydroxylation is 1. The summed E-state index contributed by atoms with van der Waals surface area (Å²) in [5.74, 6) is 1.43. The first kappa shape index (κ1) is 16.7. The Morgan fingerprint density at radius 2 is 2.08 bits per heavy atom. The standard InChI is InChI=1S/C17H19N5O3/c1-12-3-8-16(25-12)15(11-24-2)20-17(23)19-13-4-6-14(7-5-13)22-10-9-18-21-22/h3-10,15H,11H2,1-2H3,(H2,19,20,23)/t15-/m1/s1. The molecular weight excluding hydrogens is 322 g/mol. The summed E-state index contributed by atoms with van der Waals surface area (Å²) in [6, 6.07) is 10.2. The summed E-state index contributed by atoms with van der Waals surface area (Å²) < 4.78 is 12.4. The maximum absolute atomic E-state index is 12.2. The van der Waals surface area contributed by atoms with Crippen molar-refractivity contribution < 1.29 is 13.9 Å². The van der Waals surface area contributed by atoms with Gasteiger partial charge in [-0.1, -0.05) is 5.21 Å². The number of urea groups is 1. The first-order valence-corrected chi connectivity index (χ1v) is 7.75. The number of ether oxygens (including phenoxy) is 1. The van der Waals surface area contributed by atoms with E-state index in [2.05, 4.69) is 20.9 Å². The molecular formula is C17H19N5O3. The highest BCUT2D eigenvalue weighted by molar-refractivity contribution is 5.89. The first-order valence-electron chi connectivity index (χ1n) is 7.75. The maximum atomic E-state index is 12.2. The number of anilines is 1. The number of benzene rings is 1. The Kier molecular flexibility index (Phi) is 5.10. The van der Waals surface area contributed by atoms with Crippen molar-refractivity contribution in [3.05, 3.63) is 60.3 Å². The van der Waals surface area contributed by atoms with Gasteiger partial charge in [-0.3, -0.25) is 0 Å². The molecule has 0 spiro atoms. The molecule has 2 amide bonds. The minimum absolute atomic E-state index is 0.311. The van der Waals surface area contributed by atoms with Crippen LogP contribution in [0.1, 0.15) is 17.6 Å². The van der Waals surface area contributed by atoms with Gasteiger partial charge in [-0.05, 0) is 43.3 Å². The van der Waals surface area contributed by atoms with Gasteiger partial charge in [-0.25, -0.2) is 9.48 Å². The predicted molar refractivity (Wildman–Crippen MR) is 91.6 cm³/mol. The number of carbonyl (C=O) groups is 1. The van der Waals surface area contributed by atoms with Gasteiger partial charge in [0.25, 0.3) is 0 Å². The van der Waals surface area contributed by atoms with Crippen molar-refractivity contribution in [3.8, 4) is 5.69 Å². The fourth-order valence-electron chi connectivity index (χ4n) is 2.37. The molecule has 130 valence electrons. The Labute approximate surface area is 144 Å². The Morgan fingerprint density at radius 3 is 2.68 bits per heavy atom. The molecule has 2 heterocycles. The molecule has 0 unspecified atom stereocenters. The zero-order chi connectivity index (χ0) is 17.6. The van der Waals surface area contributed by atoms with Crippen LogP contribution in [-0.4, -0.2) is 34.7 Å². The van der Waals surface area contributed by atoms with Crippen LogP contribution in [0.2, 0.25) is 0 Å². The molecule has 0 aliphatic carbocycles. The van der Waals surface area contributed by atoms with E-state index in [0.717, 1.165) is 11.4 Å². The van der Waals surface area contributed by atoms with Gasteiger partial charge in [0.1, 0.15) is 17.6 Å². The molecule has 0 aliphatic rings. The van der Waals surface area contributed by atoms with Gasteiger partial charge in [0.15, 0.2) is 0 Å². The molecule has 8 nitrogen and oxygen atoms in total. The van der Waals surface area contributed by atoms with Gasteiger partial charge < -0.3 is 19.8 Å². The number of furan rings is 1. The van der Waals surface area contributed by atoms with E-state index in [1.807, 2.05) is 31.2 Å². The van der Waals surface area contributed by atoms with E-state index < -0.39 is 0 Å². The van der Waals surface area contributed by atoms with Crippen LogP contribution in [0.25, 0.3) is 5.69 Å². The third kappa shape index (κ3) is 4.24. The lowest BCUT2D eigenvalue weighted by Gasteiger charge is -2.16. The topological polar surface area (TPSA) is 94.2 Å². The van der Waals surface area contributed by atoms with Crippen molar-refractivity contribution in [1.29, 1.82) is 0 Å². The number of rotatable bonds is 6. The smallest absolute Gasteiger partial charge is 0.319 e. The van der Waals surface area contributed by atoms with E-state index in [4.69, 9.17) is 9.15 Å². The van der Waals surface area contributed by atoms with Crippen LogP contribution in [-0.2, 0) is 4.74 Å². The number of aromatic nitrogens is 3. The van der Waals surface area contributed by atoms with Crippen LogP contribution in [0.3, 0.4) is 0 Å². The van der Waals surface area contributed by atoms with Crippen LogP contribution < -0.4 is 10.6 Å². The van der Waals surface area contributed by atoms with Crippen molar-refractivity contribution in [2.24, 2.45) is 0 Å². The molecule has 0 saturated heterocycles. The zero-order valence-electron chi connectivity index (χ0n) is 14.0. The SMILES string of the molecule is COC[C@@H](NC(=O)Nc1ccc(-n2ccnn2)cc1)c1ccc(C)o1. The van der Waals surface area contributed by atoms with Gasteiger partial charge in [0.2, 0.25) is 0 Å². The number of nitrogens with zero attached hydrogens (tertiary/aromatic N) is 3. The predicted octanol–water partition coefficient (Wildman–Crippen LogP) is 2.68. The minimum atomic E-state index is -0.367. The number of amides is 2. The van der Waals surface area contributed by atoms with Crippen LogP contribution >= 0.6 is 0 Å². The normalized spacial score (nSPS) is 11.9. The second-order valence-corrected chi connectivity index (χ2v) is 5.45. The fraction of sp³-hybridized carbons (Fsp3) is 0.235. The second-order valence-electron chi connectivity index (χ2n) is 5.45. The van der Waals surface area contributed by atoms with E-state index in [1.54, 1.807) is 36.3 Å². The molecule has 3 aromatic rings. The van der Waals surface area contributed by atoms with Crippen LogP contribution in [0.15, 0.2) is 53.2 Å². The van der Waals surface area contributed by atoms with Crippen molar-refractivity contribution in [2.45, 2.75) is 13.0 Å². The Morgan fingerprint density at radius 1 is 1.28 bits per heavy atom. The second kappa shape index (κ2) is 7.63. The van der Waals surface area contributed by atoms with Crippen molar-refractivity contribution in [3.63, 3.8) is 0 Å². The molecule has 0 aliphatic heterocycles. The lowest BCUT2D eigenvalue weighted by molar-refractivity contribution is 0.158. The van der Waals surface area contributed by atoms with E-state index in [0.29, 0.717) is 18.1 Å². The summed E-state index contributed by atoms with van der Waals surface area (Å²) in [4.78, 5) is 12.2. The summed E-state index contributed by atoms with van der Waals surface area (Å²) in [7, 11) is 1.57. The number of nitrogens with one attached hydrogen (secondary N) is 2. The van der Waals surface area contributed by atoms with Crippen LogP contribution in [0.4, 0.5) is 10.5 Å². The van der Waals surface area contributed by atoms with E-state index in [1.165, 1.54) is 0 Å². The maximum Gasteiger partial charge on any atom is 0.319 e. The fourth-order valence-corrected chi connectivity index (χ4v) is 2.37. The van der Waals surface area contributed by atoms with Crippen LogP contribution in [0.5, 0.6) is 0 Å². The summed E-state index contributed by atoms with van der Waals surface area (Å²) >= 11 is 0. The highest BCUT2D eigenvalue weighted by Gasteiger charge is 2.18. The van der Waals surface area contributed by atoms with Crippen molar-refractivity contribution in [2.75, 3.05) is 19.0 Å². The third-order valence-electron chi connectivity index (χ3n) is 3.56. The summed E-state index contributed by atoms with van der Waals surface area (Å²) in [6.07, 6.45) is 3.35. The van der Waals surface area contributed by atoms with Gasteiger partial charge in [-0.2, -0.15) is 0 Å². The molecule has 0 bridgehead atoms. The zero-order valence-corrected chi connectivity index (χ0v) is 14.0. The van der Waals surface area contributed by atoms with Gasteiger partial charge in [-0.15, -0.1) is 5.10 Å². The lowest BCUT2D eigenvalue weighted by Crippen LogP contribution is -2.34. The number of carbonyl (C=O) groups excluding carboxylic acids is 1. The average molecular weight is 341 g/mol. The molecule has 1 aromatic carbocycles. The molecule has 3 rings (SSSR count). The monoisotopic (exact) mass is 341 g/mol. The minimum Gasteiger partial charge on any atom is -0.464 e. The third-order valence-corrected chi connectivity index (χ3v) is 3.56. The molecule has 2 aromatic heterocycles. The highest BCUT2D eigenvalue weighted by atomic mass is 16.5. The highest BCUT2D eigenvalue weighted by Crippen LogP contribution is 2.17. The average Bonchev–Trinajstić information content (AvgIpc) is 3.27. The van der Waals surface area contributed by atoms with Gasteiger partial charge in [0, 0.05) is 12.8 Å². The van der Waals surface area contributed by atoms with Crippen molar-refractivity contribution in [1.82, 2.24) is 20.3 Å². The summed E-state index contributed by atoms with van der Waals surface area (Å²) in [5.41, 5.74) is 1.51. The largest absolute Gasteiger partial charge is 0.464 e. The molecule has 0 radical (unpaired) electrons. The molecule has 0 fully saturated rings. The molecule has 25 heavy (non-hydrogen) atoms. The van der Waals surface area contributed by atoms with E-state index >= 15 is 0 Å². The quantitative estimate of drug-likeness (QED) is 0.719. The van der Waals surface area contributed by atoms with E-state index in [9.17, 15) is 4.79 Å². The van der Waals surface area contributed by atoms with Crippen molar-refractivity contribution >= 4 is 11.7 Å². The summed E-state index contributed by atoms with van der Waals surface area (Å²) in [5, 5.41) is 13.3. The summed E-state index contributed by atoms with van der Waals surface area (Å²) in [6.45, 7) is 2.16. The number of hydrogen-bond donors (Lipinski definition) is 2. The molecule has 2 N–H and O–H groups in total. The first-order chi connectivity index (χ1) is 12.2. The molecule has 0 saturated carbocycles. The van der Waals surface area contributed by atoms with E-state index in [-0.39, 0.29) is 12.1 Å². The molecule has 1 atom stereocenters. The lowest BCUT2D eigenvalue weighted by atomic mass is 10.2. The number of methoxy groups -OCH3 is 1. The Bertz CT molecular complexity index is 811. The Balaban J connectivity index is 1.62. The number of hydrogen-bond acceptors (Lipinski definition) is 5. The van der Waals surface area contributed by atoms with Gasteiger partial charge in [0.05, 0.1) is 24.7 Å².